The van der Waals surface area contributed by atoms with Gasteiger partial charge in [-0.3, -0.25) is 14.9 Å². The Balaban J connectivity index is 2.40. The van der Waals surface area contributed by atoms with Crippen molar-refractivity contribution in [1.82, 2.24) is 0 Å². The van der Waals surface area contributed by atoms with Crippen molar-refractivity contribution in [2.75, 3.05) is 13.7 Å². The molecule has 2 aromatic rings. The van der Waals surface area contributed by atoms with Gasteiger partial charge in [0.15, 0.2) is 11.5 Å². The summed E-state index contributed by atoms with van der Waals surface area (Å²) in [6, 6.07) is 12.1. The molecule has 7 nitrogen and oxygen atoms in total. The molecule has 2 rings (SSSR count). The molecule has 0 amide bonds. The smallest absolute Gasteiger partial charge is 0.270 e. The van der Waals surface area contributed by atoms with Crippen LogP contribution in [0.15, 0.2) is 48.0 Å². The molecule has 7 heteroatoms. The molecule has 0 radical (unpaired) electrons. The predicted octanol–water partition coefficient (Wildman–Crippen LogP) is 3.79. The highest BCUT2D eigenvalue weighted by Gasteiger charge is 2.16. The van der Waals surface area contributed by atoms with Crippen LogP contribution in [0.4, 0.5) is 5.69 Å². The number of nitro benzene ring substituents is 1. The molecular weight excluding hydrogens is 336 g/mol. The number of hydrogen-bond acceptors (Lipinski definition) is 6. The van der Waals surface area contributed by atoms with Gasteiger partial charge in [0.05, 0.1) is 18.6 Å². The van der Waals surface area contributed by atoms with E-state index in [9.17, 15) is 20.2 Å². The minimum atomic E-state index is -0.593. The molecule has 0 N–H and O–H groups in total. The van der Waals surface area contributed by atoms with E-state index in [2.05, 4.69) is 0 Å². The second kappa shape index (κ2) is 8.44. The van der Waals surface area contributed by atoms with Gasteiger partial charge in [-0.2, -0.15) is 5.26 Å². The molecule has 0 heterocycles. The molecular formula is C19H16N2O5. The van der Waals surface area contributed by atoms with Gasteiger partial charge in [-0.15, -0.1) is 0 Å². The number of rotatable bonds is 7. The highest BCUT2D eigenvalue weighted by Crippen LogP contribution is 2.29. The van der Waals surface area contributed by atoms with Crippen LogP contribution in [0, 0.1) is 21.4 Å². The molecule has 0 aromatic heterocycles. The van der Waals surface area contributed by atoms with E-state index in [4.69, 9.17) is 9.47 Å². The van der Waals surface area contributed by atoms with Crippen molar-refractivity contribution >= 4 is 17.5 Å². The van der Waals surface area contributed by atoms with Gasteiger partial charge in [-0.05, 0) is 30.7 Å². The lowest BCUT2D eigenvalue weighted by Gasteiger charge is -2.09. The fourth-order valence-corrected chi connectivity index (χ4v) is 2.28. The zero-order chi connectivity index (χ0) is 19.1. The van der Waals surface area contributed by atoms with Crippen molar-refractivity contribution in [3.05, 3.63) is 69.3 Å². The van der Waals surface area contributed by atoms with E-state index >= 15 is 0 Å². The minimum Gasteiger partial charge on any atom is -0.493 e. The second-order valence-corrected chi connectivity index (χ2v) is 5.15. The summed E-state index contributed by atoms with van der Waals surface area (Å²) in [6.07, 6.45) is 1.41. The van der Waals surface area contributed by atoms with Crippen LogP contribution in [-0.4, -0.2) is 24.4 Å². The van der Waals surface area contributed by atoms with Crippen LogP contribution in [0.5, 0.6) is 11.5 Å². The lowest BCUT2D eigenvalue weighted by Crippen LogP contribution is -2.03. The number of benzene rings is 2. The number of methoxy groups -OCH3 is 1. The summed E-state index contributed by atoms with van der Waals surface area (Å²) >= 11 is 0. The predicted molar refractivity (Wildman–Crippen MR) is 95.2 cm³/mol. The monoisotopic (exact) mass is 352 g/mol. The Hall–Kier alpha value is -3.66. The van der Waals surface area contributed by atoms with E-state index in [1.807, 2.05) is 13.0 Å². The number of allylic oxidation sites excluding steroid dienone is 1. The van der Waals surface area contributed by atoms with Gasteiger partial charge in [-0.25, -0.2) is 0 Å². The Bertz CT molecular complexity index is 912. The molecule has 0 aliphatic carbocycles. The van der Waals surface area contributed by atoms with E-state index in [1.165, 1.54) is 31.4 Å². The number of ketones is 1. The SMILES string of the molecule is CCOc1cc(C=C(C#N)C(=O)c2cccc([N+](=O)[O-])c2)ccc1OC. The van der Waals surface area contributed by atoms with E-state index in [0.29, 0.717) is 23.7 Å². The largest absolute Gasteiger partial charge is 0.493 e. The van der Waals surface area contributed by atoms with Crippen LogP contribution in [0.3, 0.4) is 0 Å². The molecule has 2 aromatic carbocycles. The van der Waals surface area contributed by atoms with Crippen molar-refractivity contribution in [2.24, 2.45) is 0 Å². The maximum atomic E-state index is 12.5. The molecule has 0 atom stereocenters. The van der Waals surface area contributed by atoms with Crippen LogP contribution >= 0.6 is 0 Å². The van der Waals surface area contributed by atoms with Crippen LogP contribution in [0.25, 0.3) is 6.08 Å². The van der Waals surface area contributed by atoms with Crippen molar-refractivity contribution < 1.29 is 19.2 Å². The number of nitro groups is 1. The zero-order valence-electron chi connectivity index (χ0n) is 14.3. The summed E-state index contributed by atoms with van der Waals surface area (Å²) in [5.74, 6) is 0.432. The summed E-state index contributed by atoms with van der Waals surface area (Å²) in [4.78, 5) is 22.8. The molecule has 0 saturated heterocycles. The first-order chi connectivity index (χ1) is 12.5. The van der Waals surface area contributed by atoms with E-state index in [-0.39, 0.29) is 16.8 Å². The Morgan fingerprint density at radius 3 is 2.65 bits per heavy atom. The van der Waals surface area contributed by atoms with E-state index < -0.39 is 10.7 Å². The number of ether oxygens (including phenoxy) is 2. The van der Waals surface area contributed by atoms with Gasteiger partial charge in [0.2, 0.25) is 5.78 Å². The minimum absolute atomic E-state index is 0.0746. The third-order valence-corrected chi connectivity index (χ3v) is 3.48. The fourth-order valence-electron chi connectivity index (χ4n) is 2.28. The molecule has 0 bridgehead atoms. The van der Waals surface area contributed by atoms with Crippen molar-refractivity contribution in [3.63, 3.8) is 0 Å². The van der Waals surface area contributed by atoms with Crippen LogP contribution in [0.2, 0.25) is 0 Å². The molecule has 0 aliphatic heterocycles. The number of carbonyl (C=O) groups excluding carboxylic acids is 1. The maximum absolute atomic E-state index is 12.5. The second-order valence-electron chi connectivity index (χ2n) is 5.15. The number of hydrogen-bond donors (Lipinski definition) is 0. The summed E-state index contributed by atoms with van der Waals surface area (Å²) < 4.78 is 10.7. The first kappa shape index (κ1) is 18.7. The van der Waals surface area contributed by atoms with Gasteiger partial charge in [0, 0.05) is 17.7 Å². The third-order valence-electron chi connectivity index (χ3n) is 3.48. The first-order valence-electron chi connectivity index (χ1n) is 7.72. The number of non-ortho nitro benzene ring substituents is 1. The molecule has 26 heavy (non-hydrogen) atoms. The van der Waals surface area contributed by atoms with Gasteiger partial charge in [0.25, 0.3) is 5.69 Å². The maximum Gasteiger partial charge on any atom is 0.270 e. The van der Waals surface area contributed by atoms with Crippen LogP contribution < -0.4 is 9.47 Å². The van der Waals surface area contributed by atoms with Gasteiger partial charge in [-0.1, -0.05) is 18.2 Å². The number of nitriles is 1. The number of nitrogens with zero attached hydrogens (tertiary/aromatic N) is 2. The lowest BCUT2D eigenvalue weighted by atomic mass is 10.0. The highest BCUT2D eigenvalue weighted by molar-refractivity contribution is 6.14. The Labute approximate surface area is 150 Å². The van der Waals surface area contributed by atoms with Crippen molar-refractivity contribution in [2.45, 2.75) is 6.92 Å². The summed E-state index contributed by atoms with van der Waals surface area (Å²) in [7, 11) is 1.51. The summed E-state index contributed by atoms with van der Waals surface area (Å²) in [5, 5.41) is 20.2. The van der Waals surface area contributed by atoms with Crippen LogP contribution in [0.1, 0.15) is 22.8 Å². The molecule has 0 unspecified atom stereocenters. The van der Waals surface area contributed by atoms with E-state index in [0.717, 1.165) is 6.07 Å². The average molecular weight is 352 g/mol. The molecule has 0 aliphatic rings. The fraction of sp³-hybridized carbons (Fsp3) is 0.158. The molecule has 0 fully saturated rings. The van der Waals surface area contributed by atoms with Gasteiger partial charge < -0.3 is 9.47 Å². The van der Waals surface area contributed by atoms with E-state index in [1.54, 1.807) is 18.2 Å². The van der Waals surface area contributed by atoms with Crippen LogP contribution in [-0.2, 0) is 0 Å². The average Bonchev–Trinajstić information content (AvgIpc) is 2.66. The van der Waals surface area contributed by atoms with Gasteiger partial charge >= 0.3 is 0 Å². The first-order valence-corrected chi connectivity index (χ1v) is 7.72. The summed E-state index contributed by atoms with van der Waals surface area (Å²) in [6.45, 7) is 2.26. The molecule has 0 spiro atoms. The number of carbonyl (C=O) groups is 1. The molecule has 0 saturated carbocycles. The topological polar surface area (TPSA) is 102 Å². The third kappa shape index (κ3) is 4.24. The number of Topliss-reactive ketones (excluding diaryl/α,β-unsaturated/α-hetero) is 1. The standard InChI is InChI=1S/C19H16N2O5/c1-3-26-18-10-13(7-8-17(18)25-2)9-15(12-20)19(22)14-5-4-6-16(11-14)21(23)24/h4-11H,3H2,1-2H3. The van der Waals surface area contributed by atoms with Gasteiger partial charge in [0.1, 0.15) is 11.6 Å². The Morgan fingerprint density at radius 2 is 2.04 bits per heavy atom. The lowest BCUT2D eigenvalue weighted by molar-refractivity contribution is -0.384. The van der Waals surface area contributed by atoms with Crippen molar-refractivity contribution in [3.8, 4) is 17.6 Å². The zero-order valence-corrected chi connectivity index (χ0v) is 14.3. The normalized spacial score (nSPS) is 10.7. The Morgan fingerprint density at radius 1 is 1.27 bits per heavy atom. The highest BCUT2D eigenvalue weighted by atomic mass is 16.6. The quantitative estimate of drug-likeness (QED) is 0.247. The van der Waals surface area contributed by atoms with Crippen molar-refractivity contribution in [1.29, 1.82) is 5.26 Å². The molecule has 132 valence electrons. The Kier molecular flexibility index (Phi) is 6.06. The summed E-state index contributed by atoms with van der Waals surface area (Å²) in [5.41, 5.74) is 0.296.